The number of fused-ring (bicyclic) bond motifs is 1. The second-order valence-corrected chi connectivity index (χ2v) is 7.56. The number of nitrogens with zero attached hydrogens (tertiary/aromatic N) is 5. The Kier molecular flexibility index (Phi) is 3.99. The molecule has 1 aromatic carbocycles. The minimum absolute atomic E-state index is 0.0379. The van der Waals surface area contributed by atoms with Crippen molar-refractivity contribution in [2.45, 2.75) is 6.92 Å². The van der Waals surface area contributed by atoms with E-state index in [1.165, 1.54) is 10.6 Å². The highest BCUT2D eigenvalue weighted by atomic mass is 32.2. The van der Waals surface area contributed by atoms with E-state index < -0.39 is 10.0 Å². The average Bonchev–Trinajstić information content (AvgIpc) is 2.52. The molecule has 0 N–H and O–H groups in total. The van der Waals surface area contributed by atoms with E-state index in [9.17, 15) is 13.2 Å². The zero-order chi connectivity index (χ0) is 16.6. The molecule has 0 radical (unpaired) electrons. The summed E-state index contributed by atoms with van der Waals surface area (Å²) in [6.07, 6.45) is 1.17. The van der Waals surface area contributed by atoms with Crippen LogP contribution in [0.2, 0.25) is 0 Å². The molecule has 1 aromatic heterocycles. The maximum Gasteiger partial charge on any atom is 0.293 e. The summed E-state index contributed by atoms with van der Waals surface area (Å²) in [5.41, 5.74) is 2.28. The summed E-state index contributed by atoms with van der Waals surface area (Å²) in [6.45, 7) is 3.14. The van der Waals surface area contributed by atoms with E-state index in [1.54, 1.807) is 4.90 Å². The summed E-state index contributed by atoms with van der Waals surface area (Å²) in [7, 11) is -3.22. The van der Waals surface area contributed by atoms with E-state index in [4.69, 9.17) is 0 Å². The second-order valence-electron chi connectivity index (χ2n) is 5.58. The van der Waals surface area contributed by atoms with Crippen LogP contribution in [-0.4, -0.2) is 71.1 Å². The highest BCUT2D eigenvalue weighted by Gasteiger charge is 2.28. The molecule has 0 saturated carbocycles. The third-order valence-electron chi connectivity index (χ3n) is 3.80. The number of rotatable bonds is 2. The second kappa shape index (κ2) is 5.82. The topological polar surface area (TPSA) is 96.4 Å². The average molecular weight is 335 g/mol. The van der Waals surface area contributed by atoms with Gasteiger partial charge < -0.3 is 4.90 Å². The fraction of sp³-hybridized carbons (Fsp3) is 0.429. The van der Waals surface area contributed by atoms with Crippen LogP contribution < -0.4 is 0 Å². The Morgan fingerprint density at radius 1 is 1.09 bits per heavy atom. The number of sulfonamides is 1. The number of hydrogen-bond donors (Lipinski definition) is 0. The van der Waals surface area contributed by atoms with Gasteiger partial charge in [-0.1, -0.05) is 6.07 Å². The summed E-state index contributed by atoms with van der Waals surface area (Å²) >= 11 is 0. The molecule has 2 heterocycles. The van der Waals surface area contributed by atoms with Gasteiger partial charge in [0.25, 0.3) is 5.91 Å². The smallest absolute Gasteiger partial charge is 0.293 e. The standard InChI is InChI=1S/C14H17N5O3S/c1-10-3-4-11-12(9-10)15-13(17-16-11)14(20)18-5-7-19(8-6-18)23(2,21)22/h3-4,9H,5-8H2,1-2H3. The van der Waals surface area contributed by atoms with E-state index in [0.717, 1.165) is 5.56 Å². The largest absolute Gasteiger partial charge is 0.333 e. The van der Waals surface area contributed by atoms with Crippen molar-refractivity contribution in [2.24, 2.45) is 0 Å². The van der Waals surface area contributed by atoms with Crippen molar-refractivity contribution < 1.29 is 13.2 Å². The van der Waals surface area contributed by atoms with Crippen molar-refractivity contribution in [3.63, 3.8) is 0 Å². The van der Waals surface area contributed by atoms with E-state index >= 15 is 0 Å². The highest BCUT2D eigenvalue weighted by molar-refractivity contribution is 7.88. The van der Waals surface area contributed by atoms with Crippen molar-refractivity contribution in [3.8, 4) is 0 Å². The number of piperazine rings is 1. The van der Waals surface area contributed by atoms with Crippen LogP contribution in [0, 0.1) is 6.92 Å². The maximum absolute atomic E-state index is 12.5. The lowest BCUT2D eigenvalue weighted by Gasteiger charge is -2.32. The molecule has 1 fully saturated rings. The van der Waals surface area contributed by atoms with Gasteiger partial charge in [0.2, 0.25) is 15.8 Å². The summed E-state index contributed by atoms with van der Waals surface area (Å²) < 4.78 is 24.4. The molecular formula is C14H17N5O3S. The van der Waals surface area contributed by atoms with Crippen LogP contribution in [-0.2, 0) is 10.0 Å². The zero-order valence-electron chi connectivity index (χ0n) is 12.9. The number of carbonyl (C=O) groups excluding carboxylic acids is 1. The lowest BCUT2D eigenvalue weighted by atomic mass is 10.2. The van der Waals surface area contributed by atoms with Crippen LogP contribution in [0.3, 0.4) is 0 Å². The molecule has 23 heavy (non-hydrogen) atoms. The third-order valence-corrected chi connectivity index (χ3v) is 5.10. The molecule has 0 bridgehead atoms. The number of carbonyl (C=O) groups is 1. The Hall–Kier alpha value is -2.13. The van der Waals surface area contributed by atoms with Gasteiger partial charge in [0.1, 0.15) is 5.52 Å². The SMILES string of the molecule is Cc1ccc2nnc(C(=O)N3CCN(S(C)(=O)=O)CC3)nc2c1. The zero-order valence-corrected chi connectivity index (χ0v) is 13.7. The van der Waals surface area contributed by atoms with Crippen LogP contribution in [0.5, 0.6) is 0 Å². The first-order valence-corrected chi connectivity index (χ1v) is 9.05. The molecule has 122 valence electrons. The van der Waals surface area contributed by atoms with Gasteiger partial charge >= 0.3 is 0 Å². The Bertz CT molecular complexity index is 860. The molecule has 1 saturated heterocycles. The predicted molar refractivity (Wildman–Crippen MR) is 84.4 cm³/mol. The lowest BCUT2D eigenvalue weighted by molar-refractivity contribution is 0.0685. The normalized spacial score (nSPS) is 16.7. The van der Waals surface area contributed by atoms with E-state index in [-0.39, 0.29) is 24.8 Å². The predicted octanol–water partition coefficient (Wildman–Crippen LogP) is 0.0506. The first-order valence-electron chi connectivity index (χ1n) is 7.20. The number of aromatic nitrogens is 3. The van der Waals surface area contributed by atoms with Gasteiger partial charge in [-0.2, -0.15) is 4.31 Å². The van der Waals surface area contributed by atoms with Crippen LogP contribution in [0.4, 0.5) is 0 Å². The van der Waals surface area contributed by atoms with E-state index in [1.807, 2.05) is 25.1 Å². The summed E-state index contributed by atoms with van der Waals surface area (Å²) in [5.74, 6) is -0.287. The molecule has 0 atom stereocenters. The molecule has 1 aliphatic rings. The molecular weight excluding hydrogens is 318 g/mol. The molecule has 0 aliphatic carbocycles. The Labute approximate surface area is 134 Å². The molecule has 1 aliphatic heterocycles. The number of aryl methyl sites for hydroxylation is 1. The van der Waals surface area contributed by atoms with E-state index in [2.05, 4.69) is 15.2 Å². The number of hydrogen-bond acceptors (Lipinski definition) is 6. The maximum atomic E-state index is 12.5. The van der Waals surface area contributed by atoms with Crippen molar-refractivity contribution in [3.05, 3.63) is 29.6 Å². The molecule has 2 aromatic rings. The van der Waals surface area contributed by atoms with Crippen molar-refractivity contribution >= 4 is 27.0 Å². The Morgan fingerprint density at radius 3 is 2.43 bits per heavy atom. The molecule has 1 amide bonds. The molecule has 8 nitrogen and oxygen atoms in total. The minimum Gasteiger partial charge on any atom is -0.333 e. The summed E-state index contributed by atoms with van der Waals surface area (Å²) in [5, 5.41) is 7.92. The van der Waals surface area contributed by atoms with Gasteiger partial charge in [-0.05, 0) is 24.6 Å². The van der Waals surface area contributed by atoms with Gasteiger partial charge in [0.15, 0.2) is 0 Å². The minimum atomic E-state index is -3.22. The van der Waals surface area contributed by atoms with Crippen LogP contribution in [0.15, 0.2) is 18.2 Å². The highest BCUT2D eigenvalue weighted by Crippen LogP contribution is 2.12. The lowest BCUT2D eigenvalue weighted by Crippen LogP contribution is -2.50. The number of benzene rings is 1. The molecule has 0 unspecified atom stereocenters. The van der Waals surface area contributed by atoms with Crippen molar-refractivity contribution in [2.75, 3.05) is 32.4 Å². The van der Waals surface area contributed by atoms with Gasteiger partial charge in [-0.3, -0.25) is 4.79 Å². The van der Waals surface area contributed by atoms with Gasteiger partial charge in [-0.25, -0.2) is 13.4 Å². The Morgan fingerprint density at radius 2 is 1.78 bits per heavy atom. The van der Waals surface area contributed by atoms with Gasteiger partial charge in [0.05, 0.1) is 11.8 Å². The first-order chi connectivity index (χ1) is 10.8. The fourth-order valence-corrected chi connectivity index (χ4v) is 3.33. The molecule has 0 spiro atoms. The summed E-state index contributed by atoms with van der Waals surface area (Å²) in [4.78, 5) is 18.3. The fourth-order valence-electron chi connectivity index (χ4n) is 2.50. The third kappa shape index (κ3) is 3.30. The van der Waals surface area contributed by atoms with Gasteiger partial charge in [-0.15, -0.1) is 10.2 Å². The van der Waals surface area contributed by atoms with Gasteiger partial charge in [0, 0.05) is 26.2 Å². The molecule has 3 rings (SSSR count). The monoisotopic (exact) mass is 335 g/mol. The van der Waals surface area contributed by atoms with Crippen LogP contribution in [0.1, 0.15) is 16.2 Å². The molecule has 9 heteroatoms. The van der Waals surface area contributed by atoms with E-state index in [0.29, 0.717) is 24.1 Å². The van der Waals surface area contributed by atoms with Crippen molar-refractivity contribution in [1.82, 2.24) is 24.4 Å². The van der Waals surface area contributed by atoms with Crippen LogP contribution in [0.25, 0.3) is 11.0 Å². The first kappa shape index (κ1) is 15.8. The number of amides is 1. The summed E-state index contributed by atoms with van der Waals surface area (Å²) in [6, 6.07) is 5.57. The quantitative estimate of drug-likeness (QED) is 0.769. The Balaban J connectivity index is 1.79. The van der Waals surface area contributed by atoms with Crippen LogP contribution >= 0.6 is 0 Å². The van der Waals surface area contributed by atoms with Crippen molar-refractivity contribution in [1.29, 1.82) is 0 Å².